The molecule has 1 radical (unpaired) electrons. The quantitative estimate of drug-likeness (QED) is 0.606. The van der Waals surface area contributed by atoms with Crippen molar-refractivity contribution in [2.45, 2.75) is 12.2 Å². The number of rotatable bonds is 1. The van der Waals surface area contributed by atoms with E-state index in [0.29, 0.717) is 18.7 Å². The van der Waals surface area contributed by atoms with E-state index in [9.17, 15) is 5.11 Å². The van der Waals surface area contributed by atoms with Crippen molar-refractivity contribution in [3.05, 3.63) is 24.3 Å². The summed E-state index contributed by atoms with van der Waals surface area (Å²) in [5.74, 6) is -1.17. The minimum absolute atomic E-state index is 0.485. The summed E-state index contributed by atoms with van der Waals surface area (Å²) in [7, 11) is 0. The molecule has 1 fully saturated rings. The van der Waals surface area contributed by atoms with Gasteiger partial charge in [-0.05, 0) is 6.07 Å². The van der Waals surface area contributed by atoms with Crippen LogP contribution in [-0.2, 0) is 10.5 Å². The molecule has 1 aromatic heterocycles. The van der Waals surface area contributed by atoms with Crippen molar-refractivity contribution in [1.82, 2.24) is 9.97 Å². The van der Waals surface area contributed by atoms with E-state index >= 15 is 0 Å². The van der Waals surface area contributed by atoms with Crippen LogP contribution in [0.4, 0.5) is 0 Å². The average molecular weight is 151 g/mol. The number of ether oxygens (including phenoxy) is 1. The summed E-state index contributed by atoms with van der Waals surface area (Å²) in [6.45, 7) is 0.584. The Morgan fingerprint density at radius 3 is 3.00 bits per heavy atom. The molecule has 1 aliphatic heterocycles. The molecule has 0 bridgehead atoms. The van der Waals surface area contributed by atoms with Gasteiger partial charge in [-0.25, -0.2) is 9.97 Å². The molecule has 11 heavy (non-hydrogen) atoms. The van der Waals surface area contributed by atoms with Gasteiger partial charge in [-0.1, -0.05) is 0 Å². The lowest BCUT2D eigenvalue weighted by molar-refractivity contribution is -0.294. The molecule has 1 saturated heterocycles. The highest BCUT2D eigenvalue weighted by Gasteiger charge is 2.39. The van der Waals surface area contributed by atoms with E-state index in [4.69, 9.17) is 4.74 Å². The van der Waals surface area contributed by atoms with Crippen LogP contribution in [0.2, 0.25) is 0 Å². The number of hydrogen-bond donors (Lipinski definition) is 1. The van der Waals surface area contributed by atoms with Gasteiger partial charge < -0.3 is 9.84 Å². The van der Waals surface area contributed by atoms with Gasteiger partial charge in [0.1, 0.15) is 5.69 Å². The van der Waals surface area contributed by atoms with Gasteiger partial charge in [0.2, 0.25) is 5.79 Å². The zero-order valence-corrected chi connectivity index (χ0v) is 5.82. The summed E-state index contributed by atoms with van der Waals surface area (Å²) in [5, 5.41) is 9.55. The van der Waals surface area contributed by atoms with Crippen molar-refractivity contribution in [3.63, 3.8) is 0 Å². The van der Waals surface area contributed by atoms with E-state index in [0.717, 1.165) is 0 Å². The third kappa shape index (κ3) is 1.00. The van der Waals surface area contributed by atoms with Crippen molar-refractivity contribution in [1.29, 1.82) is 0 Å². The van der Waals surface area contributed by atoms with Gasteiger partial charge >= 0.3 is 0 Å². The molecule has 1 aromatic rings. The van der Waals surface area contributed by atoms with Crippen LogP contribution in [0, 0.1) is 6.33 Å². The first-order valence-electron chi connectivity index (χ1n) is 3.37. The predicted octanol–water partition coefficient (Wildman–Crippen LogP) is -0.158. The molecule has 57 valence electrons. The molecule has 1 aliphatic rings. The lowest BCUT2D eigenvalue weighted by atomic mass is 10.1. The smallest absolute Gasteiger partial charge is 0.212 e. The Labute approximate surface area is 63.9 Å². The first-order valence-corrected chi connectivity index (χ1v) is 3.37. The molecule has 1 unspecified atom stereocenters. The maximum Gasteiger partial charge on any atom is 0.212 e. The van der Waals surface area contributed by atoms with Crippen LogP contribution in [0.15, 0.2) is 12.3 Å². The van der Waals surface area contributed by atoms with E-state index < -0.39 is 5.79 Å². The summed E-state index contributed by atoms with van der Waals surface area (Å²) >= 11 is 0. The van der Waals surface area contributed by atoms with Crippen LogP contribution in [0.1, 0.15) is 12.1 Å². The summed E-state index contributed by atoms with van der Waals surface area (Å²) < 4.78 is 4.95. The largest absolute Gasteiger partial charge is 0.361 e. The highest BCUT2D eigenvalue weighted by atomic mass is 16.6. The molecular formula is C7H7N2O2. The Hall–Kier alpha value is -1.00. The lowest BCUT2D eigenvalue weighted by Crippen LogP contribution is -2.41. The van der Waals surface area contributed by atoms with Gasteiger partial charge in [-0.2, -0.15) is 0 Å². The second-order valence-corrected chi connectivity index (χ2v) is 2.42. The maximum atomic E-state index is 9.55. The fraction of sp³-hybridized carbons (Fsp3) is 0.429. The Kier molecular flexibility index (Phi) is 1.37. The number of hydrogen-bond acceptors (Lipinski definition) is 4. The van der Waals surface area contributed by atoms with Crippen molar-refractivity contribution in [2.24, 2.45) is 0 Å². The average Bonchev–Trinajstić information content (AvgIpc) is 2.02. The SMILES string of the molecule is OC1(c2ccn[c]n2)CCO1. The van der Waals surface area contributed by atoms with Crippen molar-refractivity contribution < 1.29 is 9.84 Å². The molecule has 0 aromatic carbocycles. The molecule has 1 atom stereocenters. The van der Waals surface area contributed by atoms with Crippen LogP contribution < -0.4 is 0 Å². The highest BCUT2D eigenvalue weighted by Crippen LogP contribution is 2.32. The summed E-state index contributed by atoms with van der Waals surface area (Å²) in [6, 6.07) is 1.62. The van der Waals surface area contributed by atoms with E-state index in [2.05, 4.69) is 16.3 Å². The topological polar surface area (TPSA) is 55.2 Å². The molecule has 2 heterocycles. The van der Waals surface area contributed by atoms with Gasteiger partial charge in [0.05, 0.1) is 6.61 Å². The van der Waals surface area contributed by atoms with E-state index in [-0.39, 0.29) is 0 Å². The van der Waals surface area contributed by atoms with E-state index in [1.165, 1.54) is 6.20 Å². The summed E-state index contributed by atoms with van der Waals surface area (Å²) in [5.41, 5.74) is 0.485. The predicted molar refractivity (Wildman–Crippen MR) is 35.3 cm³/mol. The second-order valence-electron chi connectivity index (χ2n) is 2.42. The monoisotopic (exact) mass is 151 g/mol. The van der Waals surface area contributed by atoms with Crippen LogP contribution in [0.3, 0.4) is 0 Å². The summed E-state index contributed by atoms with van der Waals surface area (Å²) in [6.07, 6.45) is 4.52. The molecule has 0 amide bonds. The first-order chi connectivity index (χ1) is 5.31. The first kappa shape index (κ1) is 6.69. The highest BCUT2D eigenvalue weighted by molar-refractivity contribution is 5.07. The van der Waals surface area contributed by atoms with Gasteiger partial charge in [0.25, 0.3) is 0 Å². The Morgan fingerprint density at radius 1 is 1.73 bits per heavy atom. The van der Waals surface area contributed by atoms with Crippen LogP contribution in [0.25, 0.3) is 0 Å². The maximum absolute atomic E-state index is 9.55. The molecule has 0 aliphatic carbocycles. The molecule has 4 nitrogen and oxygen atoms in total. The van der Waals surface area contributed by atoms with Crippen LogP contribution in [-0.4, -0.2) is 21.7 Å². The zero-order chi connectivity index (χ0) is 7.73. The van der Waals surface area contributed by atoms with Gasteiger partial charge in [0.15, 0.2) is 6.33 Å². The molecule has 4 heteroatoms. The van der Waals surface area contributed by atoms with E-state index in [1.54, 1.807) is 6.07 Å². The fourth-order valence-corrected chi connectivity index (χ4v) is 0.976. The normalized spacial score (nSPS) is 29.5. The third-order valence-corrected chi connectivity index (χ3v) is 1.72. The van der Waals surface area contributed by atoms with Crippen molar-refractivity contribution >= 4 is 0 Å². The number of aromatic nitrogens is 2. The minimum atomic E-state index is -1.17. The molecular weight excluding hydrogens is 144 g/mol. The van der Waals surface area contributed by atoms with E-state index in [1.807, 2.05) is 0 Å². The standard InChI is InChI=1S/C7H7N2O2/c10-7(2-4-11-7)6-1-3-8-5-9-6/h1,3,10H,2,4H2. The van der Waals surface area contributed by atoms with Crippen LogP contribution in [0.5, 0.6) is 0 Å². The summed E-state index contributed by atoms with van der Waals surface area (Å²) in [4.78, 5) is 7.38. The zero-order valence-electron chi connectivity index (χ0n) is 5.82. The lowest BCUT2D eigenvalue weighted by Gasteiger charge is -2.35. The number of nitrogens with zero attached hydrogens (tertiary/aromatic N) is 2. The van der Waals surface area contributed by atoms with Crippen LogP contribution >= 0.6 is 0 Å². The molecule has 0 saturated carbocycles. The Balaban J connectivity index is 2.29. The minimum Gasteiger partial charge on any atom is -0.361 e. The van der Waals surface area contributed by atoms with Gasteiger partial charge in [-0.3, -0.25) is 0 Å². The van der Waals surface area contributed by atoms with Gasteiger partial charge in [-0.15, -0.1) is 0 Å². The fourth-order valence-electron chi connectivity index (χ4n) is 0.976. The Morgan fingerprint density at radius 2 is 2.55 bits per heavy atom. The van der Waals surface area contributed by atoms with Gasteiger partial charge in [0, 0.05) is 12.6 Å². The van der Waals surface area contributed by atoms with Crippen molar-refractivity contribution in [3.8, 4) is 0 Å². The molecule has 0 spiro atoms. The van der Waals surface area contributed by atoms with Crippen molar-refractivity contribution in [2.75, 3.05) is 6.61 Å². The number of aliphatic hydroxyl groups is 1. The second kappa shape index (κ2) is 2.25. The molecule has 1 N–H and O–H groups in total. The third-order valence-electron chi connectivity index (χ3n) is 1.72. The molecule has 2 rings (SSSR count). The Bertz CT molecular complexity index is 246.